The van der Waals surface area contributed by atoms with Crippen LogP contribution in [0.15, 0.2) is 54.6 Å². The van der Waals surface area contributed by atoms with Crippen LogP contribution in [0.5, 0.6) is 0 Å². The Morgan fingerprint density at radius 1 is 0.939 bits per heavy atom. The van der Waals surface area contributed by atoms with Crippen molar-refractivity contribution in [3.8, 4) is 0 Å². The number of piperazine rings is 1. The molecule has 2 aromatic carbocycles. The van der Waals surface area contributed by atoms with Crippen molar-refractivity contribution in [3.63, 3.8) is 0 Å². The van der Waals surface area contributed by atoms with E-state index in [0.717, 1.165) is 43.3 Å². The lowest BCUT2D eigenvalue weighted by atomic mass is 10.0. The van der Waals surface area contributed by atoms with Gasteiger partial charge in [-0.1, -0.05) is 55.3 Å². The molecule has 5 rings (SSSR count). The molecule has 2 heterocycles. The molecule has 6 nitrogen and oxygen atoms in total. The lowest BCUT2D eigenvalue weighted by molar-refractivity contribution is -0.0116. The van der Waals surface area contributed by atoms with Gasteiger partial charge in [-0.3, -0.25) is 9.80 Å². The van der Waals surface area contributed by atoms with Crippen molar-refractivity contribution < 1.29 is 14.3 Å². The quantitative estimate of drug-likeness (QED) is 0.674. The van der Waals surface area contributed by atoms with Crippen LogP contribution in [0.25, 0.3) is 0 Å². The van der Waals surface area contributed by atoms with E-state index in [9.17, 15) is 4.79 Å². The molecule has 1 atom stereocenters. The number of carbonyl (C=O) groups is 1. The average Bonchev–Trinajstić information content (AvgIpc) is 3.43. The Bertz CT molecular complexity index is 908. The summed E-state index contributed by atoms with van der Waals surface area (Å²) in [4.78, 5) is 19.9. The molecule has 1 unspecified atom stereocenters. The molecule has 0 bridgehead atoms. The van der Waals surface area contributed by atoms with Gasteiger partial charge in [0.1, 0.15) is 6.61 Å². The molecule has 0 aromatic heterocycles. The summed E-state index contributed by atoms with van der Waals surface area (Å²) >= 11 is 0. The first kappa shape index (κ1) is 22.2. The van der Waals surface area contributed by atoms with Gasteiger partial charge < -0.3 is 14.4 Å². The maximum Gasteiger partial charge on any atom is 0.410 e. The van der Waals surface area contributed by atoms with Crippen molar-refractivity contribution >= 4 is 11.8 Å². The van der Waals surface area contributed by atoms with Gasteiger partial charge >= 0.3 is 6.09 Å². The van der Waals surface area contributed by atoms with Gasteiger partial charge in [0.25, 0.3) is 0 Å². The van der Waals surface area contributed by atoms with Gasteiger partial charge in [0.15, 0.2) is 0 Å². The summed E-state index contributed by atoms with van der Waals surface area (Å²) in [6, 6.07) is 19.1. The average molecular weight is 450 g/mol. The van der Waals surface area contributed by atoms with Crippen LogP contribution in [-0.2, 0) is 16.1 Å². The van der Waals surface area contributed by atoms with Crippen LogP contribution in [0, 0.1) is 0 Å². The summed E-state index contributed by atoms with van der Waals surface area (Å²) in [5, 5.41) is 0. The number of benzene rings is 2. The molecule has 0 N–H and O–H groups in total. The second-order valence-corrected chi connectivity index (χ2v) is 9.38. The standard InChI is InChI=1S/C27H35N3O3/c31-27(33-20-22-7-2-1-3-8-22)30-17-18-32-21-26(30)23-9-6-12-25(19-23)29-15-13-28(14-16-29)24-10-4-5-11-24/h1-3,6-9,12,19,24,26H,4-5,10-11,13-18,20-21H2. The summed E-state index contributed by atoms with van der Waals surface area (Å²) in [6.45, 7) is 6.27. The normalized spacial score (nSPS) is 22.5. The third kappa shape index (κ3) is 5.33. The number of anilines is 1. The third-order valence-electron chi connectivity index (χ3n) is 7.34. The Balaban J connectivity index is 1.23. The van der Waals surface area contributed by atoms with Crippen LogP contribution < -0.4 is 4.90 Å². The van der Waals surface area contributed by atoms with E-state index in [1.807, 2.05) is 35.2 Å². The maximum absolute atomic E-state index is 12.9. The fraction of sp³-hybridized carbons (Fsp3) is 0.519. The highest BCUT2D eigenvalue weighted by molar-refractivity contribution is 5.69. The van der Waals surface area contributed by atoms with Crippen LogP contribution >= 0.6 is 0 Å². The lowest BCUT2D eigenvalue weighted by Crippen LogP contribution is -2.49. The molecule has 0 spiro atoms. The zero-order valence-corrected chi connectivity index (χ0v) is 19.4. The first-order valence-corrected chi connectivity index (χ1v) is 12.4. The second-order valence-electron chi connectivity index (χ2n) is 9.38. The van der Waals surface area contributed by atoms with Crippen molar-refractivity contribution in [2.24, 2.45) is 0 Å². The first-order chi connectivity index (χ1) is 16.3. The van der Waals surface area contributed by atoms with Crippen molar-refractivity contribution in [3.05, 3.63) is 65.7 Å². The van der Waals surface area contributed by atoms with Gasteiger partial charge in [-0.15, -0.1) is 0 Å². The highest BCUT2D eigenvalue weighted by Gasteiger charge is 2.31. The molecule has 3 fully saturated rings. The van der Waals surface area contributed by atoms with Gasteiger partial charge in [-0.25, -0.2) is 4.79 Å². The Morgan fingerprint density at radius 3 is 2.52 bits per heavy atom. The van der Waals surface area contributed by atoms with Gasteiger partial charge in [0.05, 0.1) is 19.3 Å². The van der Waals surface area contributed by atoms with Crippen LogP contribution in [0.4, 0.5) is 10.5 Å². The zero-order chi connectivity index (χ0) is 22.5. The smallest absolute Gasteiger partial charge is 0.410 e. The van der Waals surface area contributed by atoms with Crippen molar-refractivity contribution in [2.75, 3.05) is 50.8 Å². The molecule has 1 saturated carbocycles. The number of carbonyl (C=O) groups excluding carboxylic acids is 1. The fourth-order valence-corrected chi connectivity index (χ4v) is 5.44. The van der Waals surface area contributed by atoms with E-state index in [4.69, 9.17) is 9.47 Å². The van der Waals surface area contributed by atoms with Gasteiger partial charge in [-0.2, -0.15) is 0 Å². The number of rotatable bonds is 5. The molecule has 2 aliphatic heterocycles. The predicted octanol–water partition coefficient (Wildman–Crippen LogP) is 4.46. The van der Waals surface area contributed by atoms with Gasteiger partial charge in [-0.05, 0) is 36.1 Å². The van der Waals surface area contributed by atoms with E-state index < -0.39 is 0 Å². The molecule has 33 heavy (non-hydrogen) atoms. The number of morpholine rings is 1. The molecule has 2 aromatic rings. The van der Waals surface area contributed by atoms with Crippen LogP contribution in [0.2, 0.25) is 0 Å². The van der Waals surface area contributed by atoms with Crippen LogP contribution in [0.1, 0.15) is 42.9 Å². The predicted molar refractivity (Wildman–Crippen MR) is 129 cm³/mol. The highest BCUT2D eigenvalue weighted by Crippen LogP contribution is 2.30. The van der Waals surface area contributed by atoms with Gasteiger partial charge in [0, 0.05) is 44.5 Å². The van der Waals surface area contributed by atoms with Crippen LogP contribution in [-0.4, -0.2) is 67.9 Å². The summed E-state index contributed by atoms with van der Waals surface area (Å²) in [7, 11) is 0. The summed E-state index contributed by atoms with van der Waals surface area (Å²) in [6.07, 6.45) is 5.24. The Hall–Kier alpha value is -2.57. The van der Waals surface area contributed by atoms with E-state index >= 15 is 0 Å². The van der Waals surface area contributed by atoms with Crippen molar-refractivity contribution in [1.82, 2.24) is 9.80 Å². The van der Waals surface area contributed by atoms with Crippen molar-refractivity contribution in [1.29, 1.82) is 0 Å². The highest BCUT2D eigenvalue weighted by atomic mass is 16.6. The molecule has 1 amide bonds. The molecule has 2 saturated heterocycles. The molecule has 6 heteroatoms. The summed E-state index contributed by atoms with van der Waals surface area (Å²) < 4.78 is 11.4. The third-order valence-corrected chi connectivity index (χ3v) is 7.34. The number of nitrogens with zero attached hydrogens (tertiary/aromatic N) is 3. The topological polar surface area (TPSA) is 45.2 Å². The number of hydrogen-bond donors (Lipinski definition) is 0. The van der Waals surface area contributed by atoms with E-state index in [1.165, 1.54) is 31.4 Å². The zero-order valence-electron chi connectivity index (χ0n) is 19.4. The molecule has 0 radical (unpaired) electrons. The summed E-state index contributed by atoms with van der Waals surface area (Å²) in [5.41, 5.74) is 3.35. The Kier molecular flexibility index (Phi) is 7.12. The number of amides is 1. The first-order valence-electron chi connectivity index (χ1n) is 12.4. The Morgan fingerprint density at radius 2 is 1.73 bits per heavy atom. The van der Waals surface area contributed by atoms with E-state index in [0.29, 0.717) is 19.8 Å². The largest absolute Gasteiger partial charge is 0.445 e. The molecule has 3 aliphatic rings. The monoisotopic (exact) mass is 449 g/mol. The molecule has 176 valence electrons. The minimum atomic E-state index is -0.275. The molecular weight excluding hydrogens is 414 g/mol. The fourth-order valence-electron chi connectivity index (χ4n) is 5.44. The van der Waals surface area contributed by atoms with Crippen molar-refractivity contribution in [2.45, 2.75) is 44.4 Å². The number of ether oxygens (including phenoxy) is 2. The van der Waals surface area contributed by atoms with E-state index in [2.05, 4.69) is 34.1 Å². The molecule has 1 aliphatic carbocycles. The van der Waals surface area contributed by atoms with E-state index in [1.54, 1.807) is 0 Å². The maximum atomic E-state index is 12.9. The second kappa shape index (κ2) is 10.6. The van der Waals surface area contributed by atoms with Crippen LogP contribution in [0.3, 0.4) is 0 Å². The number of hydrogen-bond acceptors (Lipinski definition) is 5. The van der Waals surface area contributed by atoms with E-state index in [-0.39, 0.29) is 18.7 Å². The minimum absolute atomic E-state index is 0.123. The SMILES string of the molecule is O=C(OCc1ccccc1)N1CCOCC1c1cccc(N2CCN(C3CCCC3)CC2)c1. The summed E-state index contributed by atoms with van der Waals surface area (Å²) in [5.74, 6) is 0. The minimum Gasteiger partial charge on any atom is -0.445 e. The lowest BCUT2D eigenvalue weighted by Gasteiger charge is -2.40. The van der Waals surface area contributed by atoms with Gasteiger partial charge in [0.2, 0.25) is 0 Å². The Labute approximate surface area is 197 Å². The molecular formula is C27H35N3O3.